The van der Waals surface area contributed by atoms with Gasteiger partial charge in [-0.05, 0) is 42.7 Å². The average Bonchev–Trinajstić information content (AvgIpc) is 3.31. The third-order valence-corrected chi connectivity index (χ3v) is 4.72. The number of nitrogens with zero attached hydrogens (tertiary/aromatic N) is 3. The molecule has 0 spiro atoms. The first kappa shape index (κ1) is 18.2. The van der Waals surface area contributed by atoms with Crippen LogP contribution in [0.4, 0.5) is 13.2 Å². The molecular formula is C20H16F3N3O2. The van der Waals surface area contributed by atoms with E-state index in [4.69, 9.17) is 4.52 Å². The van der Waals surface area contributed by atoms with Gasteiger partial charge in [-0.1, -0.05) is 17.3 Å². The molecule has 1 unspecified atom stereocenters. The molecular weight excluding hydrogens is 371 g/mol. The summed E-state index contributed by atoms with van der Waals surface area (Å²) >= 11 is 0. The van der Waals surface area contributed by atoms with Crippen molar-refractivity contribution in [3.63, 3.8) is 0 Å². The Hall–Kier alpha value is -3.16. The number of halogens is 3. The van der Waals surface area contributed by atoms with Crippen molar-refractivity contribution in [2.45, 2.75) is 25.3 Å². The molecule has 0 radical (unpaired) electrons. The van der Waals surface area contributed by atoms with Gasteiger partial charge in [-0.15, -0.1) is 0 Å². The molecule has 0 N–H and O–H groups in total. The van der Waals surface area contributed by atoms with E-state index in [9.17, 15) is 18.0 Å². The summed E-state index contributed by atoms with van der Waals surface area (Å²) in [6, 6.07) is 8.56. The quantitative estimate of drug-likeness (QED) is 0.677. The second-order valence-electron chi connectivity index (χ2n) is 6.63. The summed E-state index contributed by atoms with van der Waals surface area (Å²) in [5.74, 6) is -1.87. The number of rotatable bonds is 4. The van der Waals surface area contributed by atoms with Crippen molar-refractivity contribution in [3.05, 3.63) is 71.4 Å². The van der Waals surface area contributed by atoms with Gasteiger partial charge in [-0.25, -0.2) is 13.2 Å². The first-order valence-corrected chi connectivity index (χ1v) is 8.84. The van der Waals surface area contributed by atoms with Crippen LogP contribution in [0.25, 0.3) is 11.4 Å². The van der Waals surface area contributed by atoms with Crippen molar-refractivity contribution in [3.8, 4) is 11.4 Å². The summed E-state index contributed by atoms with van der Waals surface area (Å²) < 4.78 is 45.6. The Labute approximate surface area is 158 Å². The average molecular weight is 387 g/mol. The van der Waals surface area contributed by atoms with E-state index >= 15 is 0 Å². The lowest BCUT2D eigenvalue weighted by Gasteiger charge is -2.21. The largest absolute Gasteiger partial charge is 0.337 e. The van der Waals surface area contributed by atoms with Gasteiger partial charge in [0.05, 0.1) is 12.0 Å². The molecule has 5 nitrogen and oxygen atoms in total. The predicted octanol–water partition coefficient (Wildman–Crippen LogP) is 4.06. The third kappa shape index (κ3) is 3.62. The summed E-state index contributed by atoms with van der Waals surface area (Å²) in [6.07, 6.45) is 1.44. The summed E-state index contributed by atoms with van der Waals surface area (Å²) in [7, 11) is 0. The Morgan fingerprint density at radius 3 is 2.75 bits per heavy atom. The smallest absolute Gasteiger partial charge is 0.249 e. The molecule has 8 heteroatoms. The van der Waals surface area contributed by atoms with Crippen molar-refractivity contribution in [2.75, 3.05) is 6.54 Å². The highest BCUT2D eigenvalue weighted by Gasteiger charge is 2.34. The van der Waals surface area contributed by atoms with Gasteiger partial charge in [-0.2, -0.15) is 4.98 Å². The van der Waals surface area contributed by atoms with Gasteiger partial charge in [0, 0.05) is 12.6 Å². The maximum Gasteiger partial charge on any atom is 0.249 e. The molecule has 1 saturated heterocycles. The molecule has 1 aliphatic heterocycles. The highest BCUT2D eigenvalue weighted by atomic mass is 19.1. The van der Waals surface area contributed by atoms with E-state index in [2.05, 4.69) is 10.1 Å². The van der Waals surface area contributed by atoms with Crippen molar-refractivity contribution in [1.82, 2.24) is 15.0 Å². The number of amides is 1. The van der Waals surface area contributed by atoms with Crippen LogP contribution in [0.5, 0.6) is 0 Å². The fraction of sp³-hybridized carbons (Fsp3) is 0.250. The Bertz CT molecular complexity index is 1020. The van der Waals surface area contributed by atoms with E-state index in [1.807, 2.05) is 0 Å². The lowest BCUT2D eigenvalue weighted by atomic mass is 10.1. The molecule has 0 bridgehead atoms. The molecule has 2 aromatic carbocycles. The topological polar surface area (TPSA) is 59.2 Å². The fourth-order valence-corrected chi connectivity index (χ4v) is 3.40. The van der Waals surface area contributed by atoms with Gasteiger partial charge >= 0.3 is 0 Å². The van der Waals surface area contributed by atoms with Gasteiger partial charge in [0.25, 0.3) is 0 Å². The Morgan fingerprint density at radius 2 is 1.96 bits per heavy atom. The molecule has 144 valence electrons. The van der Waals surface area contributed by atoms with Crippen LogP contribution in [0.3, 0.4) is 0 Å². The highest BCUT2D eigenvalue weighted by molar-refractivity contribution is 5.79. The molecule has 4 rings (SSSR count). The minimum atomic E-state index is -0.794. The normalized spacial score (nSPS) is 16.5. The molecule has 0 aliphatic carbocycles. The van der Waals surface area contributed by atoms with Gasteiger partial charge in [0.2, 0.25) is 17.6 Å². The first-order chi connectivity index (χ1) is 13.5. The van der Waals surface area contributed by atoms with Crippen molar-refractivity contribution in [2.24, 2.45) is 0 Å². The Balaban J connectivity index is 1.54. The second-order valence-corrected chi connectivity index (χ2v) is 6.63. The molecule has 2 heterocycles. The molecule has 1 atom stereocenters. The monoisotopic (exact) mass is 387 g/mol. The van der Waals surface area contributed by atoms with Gasteiger partial charge < -0.3 is 9.42 Å². The summed E-state index contributed by atoms with van der Waals surface area (Å²) in [5, 5.41) is 3.77. The number of likely N-dealkylation sites (tertiary alicyclic amines) is 1. The maximum atomic E-state index is 13.9. The minimum Gasteiger partial charge on any atom is -0.337 e. The van der Waals surface area contributed by atoms with Crippen LogP contribution in [-0.4, -0.2) is 27.5 Å². The van der Waals surface area contributed by atoms with Crippen molar-refractivity contribution < 1.29 is 22.5 Å². The Morgan fingerprint density at radius 1 is 1.14 bits per heavy atom. The molecule has 1 aromatic heterocycles. The van der Waals surface area contributed by atoms with E-state index < -0.39 is 23.5 Å². The van der Waals surface area contributed by atoms with Crippen molar-refractivity contribution >= 4 is 5.91 Å². The van der Waals surface area contributed by atoms with Crippen LogP contribution in [0, 0.1) is 17.5 Å². The molecule has 1 fully saturated rings. The van der Waals surface area contributed by atoms with Crippen LogP contribution < -0.4 is 0 Å². The van der Waals surface area contributed by atoms with E-state index in [0.29, 0.717) is 18.5 Å². The number of hydrogen-bond donors (Lipinski definition) is 0. The summed E-state index contributed by atoms with van der Waals surface area (Å²) in [5.41, 5.74) is 0.599. The van der Waals surface area contributed by atoms with Crippen LogP contribution in [0.1, 0.15) is 30.3 Å². The zero-order valence-electron chi connectivity index (χ0n) is 14.7. The van der Waals surface area contributed by atoms with Crippen LogP contribution in [0.15, 0.2) is 47.0 Å². The minimum absolute atomic E-state index is 0.00284. The van der Waals surface area contributed by atoms with Crippen LogP contribution >= 0.6 is 0 Å². The molecule has 28 heavy (non-hydrogen) atoms. The molecule has 3 aromatic rings. The predicted molar refractivity (Wildman–Crippen MR) is 93.4 cm³/mol. The second kappa shape index (κ2) is 7.46. The number of hydrogen-bond acceptors (Lipinski definition) is 4. The Kier molecular flexibility index (Phi) is 4.85. The van der Waals surface area contributed by atoms with E-state index in [0.717, 1.165) is 18.6 Å². The highest BCUT2D eigenvalue weighted by Crippen LogP contribution is 2.33. The molecule has 1 aliphatic rings. The number of carbonyl (C=O) groups is 1. The van der Waals surface area contributed by atoms with Gasteiger partial charge in [-0.3, -0.25) is 4.79 Å². The zero-order valence-corrected chi connectivity index (χ0v) is 14.7. The van der Waals surface area contributed by atoms with Crippen LogP contribution in [0.2, 0.25) is 0 Å². The molecule has 0 saturated carbocycles. The number of aromatic nitrogens is 2. The first-order valence-electron chi connectivity index (χ1n) is 8.84. The van der Waals surface area contributed by atoms with Crippen molar-refractivity contribution in [1.29, 1.82) is 0 Å². The van der Waals surface area contributed by atoms with E-state index in [1.54, 1.807) is 17.0 Å². The summed E-state index contributed by atoms with van der Waals surface area (Å²) in [6.45, 7) is 0.515. The SMILES string of the molecule is O=C(Cc1cccc(F)c1)N1CCCC1c1nc(-c2ccc(F)cc2F)no1. The van der Waals surface area contributed by atoms with E-state index in [-0.39, 0.29) is 29.6 Å². The summed E-state index contributed by atoms with van der Waals surface area (Å²) in [4.78, 5) is 18.5. The lowest BCUT2D eigenvalue weighted by molar-refractivity contribution is -0.131. The number of benzene rings is 2. The molecule has 1 amide bonds. The third-order valence-electron chi connectivity index (χ3n) is 4.72. The van der Waals surface area contributed by atoms with Crippen LogP contribution in [-0.2, 0) is 11.2 Å². The maximum absolute atomic E-state index is 13.9. The zero-order chi connectivity index (χ0) is 19.7. The van der Waals surface area contributed by atoms with Gasteiger partial charge in [0.1, 0.15) is 23.5 Å². The van der Waals surface area contributed by atoms with Gasteiger partial charge in [0.15, 0.2) is 0 Å². The van der Waals surface area contributed by atoms with E-state index in [1.165, 1.54) is 18.2 Å². The number of carbonyl (C=O) groups excluding carboxylic acids is 1. The lowest BCUT2D eigenvalue weighted by Crippen LogP contribution is -2.32. The fourth-order valence-electron chi connectivity index (χ4n) is 3.40. The standard InChI is InChI=1S/C20H16F3N3O2/c21-13-4-1-3-12(9-13)10-18(27)26-8-2-5-17(26)20-24-19(25-28-20)15-7-6-14(22)11-16(15)23/h1,3-4,6-7,9,11,17H,2,5,8,10H2.